The minimum absolute atomic E-state index is 1.18. The molecule has 0 amide bonds. The van der Waals surface area contributed by atoms with Crippen LogP contribution in [-0.2, 0) is 0 Å². The van der Waals surface area contributed by atoms with Gasteiger partial charge in [-0.15, -0.1) is 0 Å². The largest absolute Gasteiger partial charge is 0.265 e. The molecule has 1 rings (SSSR count). The van der Waals surface area contributed by atoms with Crippen molar-refractivity contribution in [2.24, 2.45) is 0 Å². The van der Waals surface area contributed by atoms with Gasteiger partial charge in [-0.25, -0.2) is 0 Å². The summed E-state index contributed by atoms with van der Waals surface area (Å²) < 4.78 is 0. The molecule has 1 heterocycles. The van der Waals surface area contributed by atoms with Gasteiger partial charge in [-0.3, -0.25) is 4.98 Å². The molecule has 0 spiro atoms. The minimum Gasteiger partial charge on any atom is -0.265 e. The van der Waals surface area contributed by atoms with Gasteiger partial charge in [0.05, 0.1) is 0 Å². The highest BCUT2D eigenvalue weighted by atomic mass is 32.2. The Morgan fingerprint density at radius 2 is 2.11 bits per heavy atom. The average molecular weight is 137 g/mol. The van der Waals surface area contributed by atoms with Crippen molar-refractivity contribution in [2.45, 2.75) is 4.90 Å². The quantitative estimate of drug-likeness (QED) is 0.580. The maximum atomic E-state index is 3.88. The third kappa shape index (κ3) is 1.90. The Kier molecular flexibility index (Phi) is 2.33. The van der Waals surface area contributed by atoms with Gasteiger partial charge in [-0.2, -0.15) is 0 Å². The summed E-state index contributed by atoms with van der Waals surface area (Å²) >= 11 is 1.60. The second-order valence-electron chi connectivity index (χ2n) is 1.47. The topological polar surface area (TPSA) is 12.9 Å². The maximum absolute atomic E-state index is 3.88. The van der Waals surface area contributed by atoms with E-state index in [4.69, 9.17) is 0 Å². The van der Waals surface area contributed by atoms with Crippen molar-refractivity contribution in [3.05, 3.63) is 36.5 Å². The van der Waals surface area contributed by atoms with Crippen molar-refractivity contribution in [3.63, 3.8) is 0 Å². The van der Waals surface area contributed by atoms with Crippen LogP contribution in [0.4, 0.5) is 0 Å². The lowest BCUT2D eigenvalue weighted by molar-refractivity contribution is 1.27. The van der Waals surface area contributed by atoms with Crippen molar-refractivity contribution in [2.75, 3.05) is 0 Å². The van der Waals surface area contributed by atoms with Crippen molar-refractivity contribution in [3.8, 4) is 0 Å². The van der Waals surface area contributed by atoms with Gasteiger partial charge in [0.15, 0.2) is 0 Å². The molecule has 0 aliphatic carbocycles. The van der Waals surface area contributed by atoms with Crippen LogP contribution >= 0.6 is 11.8 Å². The summed E-state index contributed by atoms with van der Waals surface area (Å²) in [6.07, 6.45) is 3.54. The average Bonchev–Trinajstić information content (AvgIpc) is 1.91. The maximum Gasteiger partial charge on any atom is 0.0279 e. The summed E-state index contributed by atoms with van der Waals surface area (Å²) in [5.74, 6) is 0. The minimum atomic E-state index is 1.18. The van der Waals surface area contributed by atoms with Crippen LogP contribution in [0.3, 0.4) is 0 Å². The molecule has 0 aliphatic heterocycles. The highest BCUT2D eigenvalue weighted by Gasteiger charge is 1.83. The van der Waals surface area contributed by atoms with Crippen LogP contribution in [0.2, 0.25) is 0 Å². The molecule has 0 N–H and O–H groups in total. The number of thioether (sulfide) groups is 1. The molecule has 0 fully saturated rings. The standard InChI is InChI=1S/C7H7NS/c1-2-9-7-3-5-8-6-4-7/h2-6H,1H2. The molecule has 0 saturated carbocycles. The number of nitrogens with zero attached hydrogens (tertiary/aromatic N) is 1. The molecule has 1 nitrogen and oxygen atoms in total. The van der Waals surface area contributed by atoms with Crippen LogP contribution in [0.5, 0.6) is 0 Å². The number of hydrogen-bond acceptors (Lipinski definition) is 2. The fourth-order valence-corrected chi connectivity index (χ4v) is 0.984. The summed E-state index contributed by atoms with van der Waals surface area (Å²) in [5, 5.41) is 1.80. The fourth-order valence-electron chi connectivity index (χ4n) is 0.513. The Bertz CT molecular complexity index is 183. The van der Waals surface area contributed by atoms with Crippen molar-refractivity contribution in [1.82, 2.24) is 4.98 Å². The Morgan fingerprint density at radius 3 is 2.67 bits per heavy atom. The van der Waals surface area contributed by atoms with Gasteiger partial charge in [0.25, 0.3) is 0 Å². The third-order valence-corrected chi connectivity index (χ3v) is 1.58. The van der Waals surface area contributed by atoms with Gasteiger partial charge in [-0.05, 0) is 17.5 Å². The van der Waals surface area contributed by atoms with E-state index >= 15 is 0 Å². The van der Waals surface area contributed by atoms with Gasteiger partial charge < -0.3 is 0 Å². The van der Waals surface area contributed by atoms with E-state index in [2.05, 4.69) is 11.6 Å². The third-order valence-electron chi connectivity index (χ3n) is 0.869. The zero-order valence-corrected chi connectivity index (χ0v) is 5.77. The van der Waals surface area contributed by atoms with Crippen LogP contribution in [0.1, 0.15) is 0 Å². The molecule has 1 aromatic rings. The monoisotopic (exact) mass is 137 g/mol. The summed E-state index contributed by atoms with van der Waals surface area (Å²) in [6.45, 7) is 3.60. The molecular formula is C7H7NS. The van der Waals surface area contributed by atoms with Crippen LogP contribution in [0, 0.1) is 0 Å². The van der Waals surface area contributed by atoms with Crippen LogP contribution in [0.15, 0.2) is 41.4 Å². The van der Waals surface area contributed by atoms with Gasteiger partial charge in [-0.1, -0.05) is 18.3 Å². The van der Waals surface area contributed by atoms with Crippen LogP contribution in [-0.4, -0.2) is 4.98 Å². The summed E-state index contributed by atoms with van der Waals surface area (Å²) in [5.41, 5.74) is 0. The molecule has 0 saturated heterocycles. The Morgan fingerprint density at radius 1 is 1.44 bits per heavy atom. The first-order chi connectivity index (χ1) is 4.43. The normalized spacial score (nSPS) is 8.89. The first-order valence-corrected chi connectivity index (χ1v) is 3.49. The number of aromatic nitrogens is 1. The van der Waals surface area contributed by atoms with E-state index in [1.165, 1.54) is 4.90 Å². The van der Waals surface area contributed by atoms with Crippen LogP contribution < -0.4 is 0 Å². The second kappa shape index (κ2) is 3.30. The predicted octanol–water partition coefficient (Wildman–Crippen LogP) is 2.32. The highest BCUT2D eigenvalue weighted by molar-refractivity contribution is 8.02. The van der Waals surface area contributed by atoms with E-state index in [1.54, 1.807) is 29.6 Å². The Hall–Kier alpha value is -0.760. The Labute approximate surface area is 58.8 Å². The number of rotatable bonds is 2. The van der Waals surface area contributed by atoms with Gasteiger partial charge in [0, 0.05) is 17.3 Å². The predicted molar refractivity (Wildman–Crippen MR) is 40.3 cm³/mol. The van der Waals surface area contributed by atoms with E-state index in [1.807, 2.05) is 12.1 Å². The van der Waals surface area contributed by atoms with Gasteiger partial charge in [0.2, 0.25) is 0 Å². The SMILES string of the molecule is C=CSc1ccncc1. The van der Waals surface area contributed by atoms with Crippen molar-refractivity contribution < 1.29 is 0 Å². The summed E-state index contributed by atoms with van der Waals surface area (Å²) in [7, 11) is 0. The number of pyridine rings is 1. The lowest BCUT2D eigenvalue weighted by Crippen LogP contribution is -1.68. The van der Waals surface area contributed by atoms with E-state index < -0.39 is 0 Å². The smallest absolute Gasteiger partial charge is 0.0279 e. The number of hydrogen-bond donors (Lipinski definition) is 0. The first-order valence-electron chi connectivity index (χ1n) is 2.61. The van der Waals surface area contributed by atoms with E-state index in [0.717, 1.165) is 0 Å². The molecule has 0 unspecified atom stereocenters. The van der Waals surface area contributed by atoms with Crippen molar-refractivity contribution in [1.29, 1.82) is 0 Å². The zero-order valence-electron chi connectivity index (χ0n) is 4.95. The zero-order chi connectivity index (χ0) is 6.53. The van der Waals surface area contributed by atoms with E-state index in [9.17, 15) is 0 Å². The van der Waals surface area contributed by atoms with E-state index in [0.29, 0.717) is 0 Å². The van der Waals surface area contributed by atoms with Gasteiger partial charge in [0.1, 0.15) is 0 Å². The molecule has 9 heavy (non-hydrogen) atoms. The fraction of sp³-hybridized carbons (Fsp3) is 0. The molecule has 1 aromatic heterocycles. The molecular weight excluding hydrogens is 130 g/mol. The van der Waals surface area contributed by atoms with Gasteiger partial charge >= 0.3 is 0 Å². The molecule has 0 atom stereocenters. The highest BCUT2D eigenvalue weighted by Crippen LogP contribution is 2.15. The summed E-state index contributed by atoms with van der Waals surface area (Å²) in [6, 6.07) is 3.90. The van der Waals surface area contributed by atoms with Crippen molar-refractivity contribution >= 4 is 11.8 Å². The molecule has 0 aliphatic rings. The lowest BCUT2D eigenvalue weighted by atomic mass is 10.5. The molecule has 46 valence electrons. The van der Waals surface area contributed by atoms with E-state index in [-0.39, 0.29) is 0 Å². The summed E-state index contributed by atoms with van der Waals surface area (Å²) in [4.78, 5) is 5.06. The molecule has 2 heteroatoms. The van der Waals surface area contributed by atoms with Crippen LogP contribution in [0.25, 0.3) is 0 Å². The first kappa shape index (κ1) is 6.36. The Balaban J connectivity index is 2.72. The lowest BCUT2D eigenvalue weighted by Gasteiger charge is -1.90. The second-order valence-corrected chi connectivity index (χ2v) is 2.51. The molecule has 0 aromatic carbocycles. The molecule has 0 bridgehead atoms. The molecule has 0 radical (unpaired) electrons.